The number of aromatic nitrogens is 1. The van der Waals surface area contributed by atoms with Crippen LogP contribution in [0.15, 0.2) is 72.1 Å². The van der Waals surface area contributed by atoms with E-state index in [2.05, 4.69) is 51.3 Å². The third kappa shape index (κ3) is 6.45. The molecule has 2 aliphatic heterocycles. The number of rotatable bonds is 11. The summed E-state index contributed by atoms with van der Waals surface area (Å²) in [5, 5.41) is 5.42. The summed E-state index contributed by atoms with van der Waals surface area (Å²) < 4.78 is 11.0. The molecule has 0 bridgehead atoms. The van der Waals surface area contributed by atoms with E-state index in [-0.39, 0.29) is 30.3 Å². The van der Waals surface area contributed by atoms with E-state index in [1.807, 2.05) is 31.2 Å². The maximum absolute atomic E-state index is 14.4. The van der Waals surface area contributed by atoms with Gasteiger partial charge < -0.3 is 19.7 Å². The van der Waals surface area contributed by atoms with Crippen molar-refractivity contribution in [1.82, 2.24) is 20.1 Å². The minimum atomic E-state index is -0.670. The van der Waals surface area contributed by atoms with Crippen molar-refractivity contribution in [3.8, 4) is 11.5 Å². The highest BCUT2D eigenvalue weighted by Gasteiger charge is 2.43. The fourth-order valence-corrected chi connectivity index (χ4v) is 7.10. The number of thiazole rings is 1. The van der Waals surface area contributed by atoms with Gasteiger partial charge in [0.15, 0.2) is 11.5 Å². The predicted molar refractivity (Wildman–Crippen MR) is 182 cm³/mol. The van der Waals surface area contributed by atoms with Crippen LogP contribution < -0.4 is 19.7 Å². The Hall–Kier alpha value is -4.74. The molecule has 11 heteroatoms. The summed E-state index contributed by atoms with van der Waals surface area (Å²) in [5.74, 6) is 0.0154. The summed E-state index contributed by atoms with van der Waals surface area (Å²) in [4.78, 5) is 51.5. The first kappa shape index (κ1) is 32.2. The van der Waals surface area contributed by atoms with Gasteiger partial charge in [0, 0.05) is 44.1 Å². The zero-order valence-electron chi connectivity index (χ0n) is 27.1. The summed E-state index contributed by atoms with van der Waals surface area (Å²) in [6.07, 6.45) is 0.293. The number of methoxy groups -OCH3 is 2. The highest BCUT2D eigenvalue weighted by Crippen LogP contribution is 2.40. The van der Waals surface area contributed by atoms with E-state index in [0.29, 0.717) is 40.3 Å². The Balaban J connectivity index is 1.25. The number of anilines is 1. The predicted octanol–water partition coefficient (Wildman–Crippen LogP) is 5.51. The fraction of sp³-hybridized carbons (Fsp3) is 0.333. The van der Waals surface area contributed by atoms with Gasteiger partial charge in [0.2, 0.25) is 0 Å². The van der Waals surface area contributed by atoms with Gasteiger partial charge in [-0.2, -0.15) is 0 Å². The number of hydrogen-bond donors (Lipinski definition) is 1. The maximum Gasteiger partial charge on any atom is 0.270 e. The van der Waals surface area contributed by atoms with Crippen molar-refractivity contribution in [1.29, 1.82) is 0 Å². The van der Waals surface area contributed by atoms with Crippen molar-refractivity contribution in [3.63, 3.8) is 0 Å². The molecule has 47 heavy (non-hydrogen) atoms. The topological polar surface area (TPSA) is 104 Å². The van der Waals surface area contributed by atoms with Gasteiger partial charge in [-0.1, -0.05) is 42.5 Å². The molecule has 6 rings (SSSR count). The molecule has 1 aromatic heterocycles. The largest absolute Gasteiger partial charge is 0.493 e. The molecule has 3 aromatic carbocycles. The molecule has 3 amide bonds. The van der Waals surface area contributed by atoms with E-state index in [4.69, 9.17) is 9.47 Å². The number of aryl methyl sites for hydroxylation is 1. The molecule has 0 unspecified atom stereocenters. The van der Waals surface area contributed by atoms with Gasteiger partial charge in [0.05, 0.1) is 42.1 Å². The van der Waals surface area contributed by atoms with Crippen LogP contribution in [0, 0.1) is 6.92 Å². The normalized spacial score (nSPS) is 16.2. The highest BCUT2D eigenvalue weighted by molar-refractivity contribution is 7.09. The van der Waals surface area contributed by atoms with Crippen LogP contribution in [0.4, 0.5) is 5.69 Å². The van der Waals surface area contributed by atoms with Crippen molar-refractivity contribution in [3.05, 3.63) is 105 Å². The molecule has 244 valence electrons. The lowest BCUT2D eigenvalue weighted by Crippen LogP contribution is -2.47. The first-order chi connectivity index (χ1) is 22.8. The number of imide groups is 1. The van der Waals surface area contributed by atoms with Gasteiger partial charge in [-0.25, -0.2) is 4.98 Å². The summed E-state index contributed by atoms with van der Waals surface area (Å²) in [5.41, 5.74) is 3.90. The number of amides is 3. The molecule has 4 aromatic rings. The number of nitrogens with one attached hydrogen (secondary N) is 1. The standard InChI is InChI=1S/C36H39N5O5S/c1-23(25-9-6-5-7-10-25)39-17-19-40(20-18-39)30-12-8-11-27-33(30)36(44)41(35(27)43)29(26-13-14-31(45-3)32(21-26)46-4)15-16-37-34(42)28-22-47-24(2)38-28/h5-14,21-23,29H,15-20H2,1-4H3,(H,37,42)/t23-,29-/m1/s1. The van der Waals surface area contributed by atoms with Gasteiger partial charge in [-0.05, 0) is 55.7 Å². The van der Waals surface area contributed by atoms with Crippen LogP contribution >= 0.6 is 11.3 Å². The SMILES string of the molecule is COc1ccc([C@@H](CCNC(=O)c2csc(C)n2)N2C(=O)c3cccc(N4CCN([C@H](C)c5ccccc5)CC4)c3C2=O)cc1OC. The van der Waals surface area contributed by atoms with Gasteiger partial charge >= 0.3 is 0 Å². The molecule has 1 N–H and O–H groups in total. The first-order valence-electron chi connectivity index (χ1n) is 15.8. The molecule has 0 spiro atoms. The quantitative estimate of drug-likeness (QED) is 0.212. The third-order valence-corrected chi connectivity index (χ3v) is 9.84. The van der Waals surface area contributed by atoms with Crippen LogP contribution in [0.3, 0.4) is 0 Å². The number of piperazine rings is 1. The van der Waals surface area contributed by atoms with Crippen molar-refractivity contribution in [2.75, 3.05) is 51.8 Å². The first-order valence-corrected chi connectivity index (χ1v) is 16.7. The number of hydrogen-bond acceptors (Lipinski definition) is 9. The summed E-state index contributed by atoms with van der Waals surface area (Å²) in [7, 11) is 3.10. The number of ether oxygens (including phenoxy) is 2. The van der Waals surface area contributed by atoms with Gasteiger partial charge in [-0.3, -0.25) is 24.2 Å². The van der Waals surface area contributed by atoms with E-state index in [1.54, 1.807) is 37.8 Å². The molecule has 1 saturated heterocycles. The zero-order chi connectivity index (χ0) is 33.1. The van der Waals surface area contributed by atoms with Crippen molar-refractivity contribution in [2.45, 2.75) is 32.4 Å². The van der Waals surface area contributed by atoms with E-state index in [0.717, 1.165) is 36.9 Å². The molecule has 3 heterocycles. The molecule has 0 radical (unpaired) electrons. The molecule has 1 fully saturated rings. The molecule has 2 atom stereocenters. The second-order valence-corrected chi connectivity index (χ2v) is 12.8. The lowest BCUT2D eigenvalue weighted by Gasteiger charge is -2.39. The lowest BCUT2D eigenvalue weighted by molar-refractivity contribution is 0.0574. The van der Waals surface area contributed by atoms with Crippen molar-refractivity contribution < 1.29 is 23.9 Å². The third-order valence-electron chi connectivity index (χ3n) is 9.07. The Morgan fingerprint density at radius 3 is 2.34 bits per heavy atom. The van der Waals surface area contributed by atoms with E-state index < -0.39 is 6.04 Å². The summed E-state index contributed by atoms with van der Waals surface area (Å²) >= 11 is 1.40. The van der Waals surface area contributed by atoms with Crippen molar-refractivity contribution >= 4 is 34.7 Å². The molecule has 2 aliphatic rings. The minimum absolute atomic E-state index is 0.218. The van der Waals surface area contributed by atoms with Gasteiger partial charge in [-0.15, -0.1) is 11.3 Å². The average Bonchev–Trinajstić information content (AvgIpc) is 3.66. The maximum atomic E-state index is 14.4. The number of benzene rings is 3. The van der Waals surface area contributed by atoms with E-state index in [1.165, 1.54) is 21.8 Å². The second kappa shape index (κ2) is 13.9. The number of carbonyl (C=O) groups is 3. The molecule has 0 aliphatic carbocycles. The Morgan fingerprint density at radius 2 is 1.66 bits per heavy atom. The van der Waals surface area contributed by atoms with Crippen LogP contribution in [0.2, 0.25) is 0 Å². The van der Waals surface area contributed by atoms with Gasteiger partial charge in [0.25, 0.3) is 17.7 Å². The smallest absolute Gasteiger partial charge is 0.270 e. The van der Waals surface area contributed by atoms with E-state index in [9.17, 15) is 14.4 Å². The molecular formula is C36H39N5O5S. The van der Waals surface area contributed by atoms with E-state index >= 15 is 0 Å². The molecule has 0 saturated carbocycles. The number of nitrogens with zero attached hydrogens (tertiary/aromatic N) is 4. The van der Waals surface area contributed by atoms with Crippen LogP contribution in [0.1, 0.15) is 72.8 Å². The number of carbonyl (C=O) groups excluding carboxylic acids is 3. The summed E-state index contributed by atoms with van der Waals surface area (Å²) in [6.45, 7) is 7.41. The van der Waals surface area contributed by atoms with Crippen molar-refractivity contribution in [2.24, 2.45) is 0 Å². The Morgan fingerprint density at radius 1 is 0.915 bits per heavy atom. The fourth-order valence-electron chi connectivity index (χ4n) is 6.51. The molecule has 10 nitrogen and oxygen atoms in total. The monoisotopic (exact) mass is 653 g/mol. The Kier molecular flexibility index (Phi) is 9.55. The molecular weight excluding hydrogens is 614 g/mol. The zero-order valence-corrected chi connectivity index (χ0v) is 27.9. The van der Waals surface area contributed by atoms with Crippen LogP contribution in [0.25, 0.3) is 0 Å². The van der Waals surface area contributed by atoms with Crippen LogP contribution in [-0.2, 0) is 0 Å². The van der Waals surface area contributed by atoms with Crippen LogP contribution in [-0.4, -0.2) is 79.4 Å². The number of fused-ring (bicyclic) bond motifs is 1. The highest BCUT2D eigenvalue weighted by atomic mass is 32.1. The van der Waals surface area contributed by atoms with Crippen LogP contribution in [0.5, 0.6) is 11.5 Å². The van der Waals surface area contributed by atoms with Gasteiger partial charge in [0.1, 0.15) is 5.69 Å². The average molecular weight is 654 g/mol. The Bertz CT molecular complexity index is 1770. The minimum Gasteiger partial charge on any atom is -0.493 e. The lowest BCUT2D eigenvalue weighted by atomic mass is 10.0. The summed E-state index contributed by atoms with van der Waals surface area (Å²) in [6, 6.07) is 21.0. The second-order valence-electron chi connectivity index (χ2n) is 11.7. The Labute approximate surface area is 278 Å².